The molecule has 0 bridgehead atoms. The number of amides is 1. The fraction of sp³-hybridized carbons (Fsp3) is 0.318. The Morgan fingerprint density at radius 2 is 1.69 bits per heavy atom. The maximum atomic E-state index is 12.0. The number of carbonyl (C=O) groups excluding carboxylic acids is 1. The molecule has 0 aliphatic heterocycles. The van der Waals surface area contributed by atoms with Crippen LogP contribution in [0.2, 0.25) is 0 Å². The van der Waals surface area contributed by atoms with E-state index >= 15 is 0 Å². The van der Waals surface area contributed by atoms with Crippen molar-refractivity contribution in [2.45, 2.75) is 26.7 Å². The summed E-state index contributed by atoms with van der Waals surface area (Å²) in [5.41, 5.74) is 2.03. The predicted octanol–water partition coefficient (Wildman–Crippen LogP) is 3.57. The van der Waals surface area contributed by atoms with E-state index < -0.39 is 0 Å². The highest BCUT2D eigenvalue weighted by Gasteiger charge is 2.10. The van der Waals surface area contributed by atoms with Crippen molar-refractivity contribution in [1.29, 1.82) is 0 Å². The first-order chi connectivity index (χ1) is 14.1. The summed E-state index contributed by atoms with van der Waals surface area (Å²) in [6, 6.07) is 15.2. The summed E-state index contributed by atoms with van der Waals surface area (Å²) in [4.78, 5) is 12.0. The van der Waals surface area contributed by atoms with Gasteiger partial charge in [0.05, 0.1) is 13.2 Å². The van der Waals surface area contributed by atoms with Crippen LogP contribution in [0, 0.1) is 6.92 Å². The molecule has 152 valence electrons. The number of aryl methyl sites for hydroxylation is 2. The molecule has 0 unspecified atom stereocenters. The molecule has 0 saturated heterocycles. The standard InChI is InChI=1S/C22H25N3O4/c1-3-27-18-8-10-19(11-9-18)28-15-14-23-20(26)12-13-21-24-25-22(29-21)17-6-4-16(2)5-7-17/h4-11H,3,12-15H2,1-2H3,(H,23,26). The molecule has 0 aliphatic rings. The van der Waals surface area contributed by atoms with Gasteiger partial charge in [-0.1, -0.05) is 17.7 Å². The summed E-state index contributed by atoms with van der Waals surface area (Å²) in [5, 5.41) is 10.9. The molecule has 1 aromatic heterocycles. The molecule has 3 rings (SSSR count). The lowest BCUT2D eigenvalue weighted by atomic mass is 10.1. The van der Waals surface area contributed by atoms with Crippen molar-refractivity contribution < 1.29 is 18.7 Å². The van der Waals surface area contributed by atoms with E-state index in [1.165, 1.54) is 0 Å². The minimum absolute atomic E-state index is 0.0876. The molecular formula is C22H25N3O4. The summed E-state index contributed by atoms with van der Waals surface area (Å²) in [6.45, 7) is 5.39. The van der Waals surface area contributed by atoms with Gasteiger partial charge in [-0.15, -0.1) is 10.2 Å². The zero-order valence-electron chi connectivity index (χ0n) is 16.7. The van der Waals surface area contributed by atoms with E-state index in [1.807, 2.05) is 62.4 Å². The summed E-state index contributed by atoms with van der Waals surface area (Å²) < 4.78 is 16.6. The Morgan fingerprint density at radius 1 is 1.00 bits per heavy atom. The summed E-state index contributed by atoms with van der Waals surface area (Å²) >= 11 is 0. The maximum Gasteiger partial charge on any atom is 0.247 e. The predicted molar refractivity (Wildman–Crippen MR) is 109 cm³/mol. The SMILES string of the molecule is CCOc1ccc(OCCNC(=O)CCc2nnc(-c3ccc(C)cc3)o2)cc1. The number of hydrogen-bond donors (Lipinski definition) is 1. The minimum Gasteiger partial charge on any atom is -0.494 e. The lowest BCUT2D eigenvalue weighted by molar-refractivity contribution is -0.121. The summed E-state index contributed by atoms with van der Waals surface area (Å²) in [7, 11) is 0. The summed E-state index contributed by atoms with van der Waals surface area (Å²) in [5.74, 6) is 2.36. The third-order valence-electron chi connectivity index (χ3n) is 4.16. The van der Waals surface area contributed by atoms with Crippen molar-refractivity contribution in [1.82, 2.24) is 15.5 Å². The highest BCUT2D eigenvalue weighted by Crippen LogP contribution is 2.19. The van der Waals surface area contributed by atoms with Gasteiger partial charge in [0.15, 0.2) is 0 Å². The largest absolute Gasteiger partial charge is 0.494 e. The number of benzene rings is 2. The molecule has 0 aliphatic carbocycles. The highest BCUT2D eigenvalue weighted by atomic mass is 16.5. The normalized spacial score (nSPS) is 10.6. The average Bonchev–Trinajstić information content (AvgIpc) is 3.21. The van der Waals surface area contributed by atoms with E-state index in [4.69, 9.17) is 13.9 Å². The molecule has 0 atom stereocenters. The van der Waals surface area contributed by atoms with Gasteiger partial charge in [-0.3, -0.25) is 4.79 Å². The Morgan fingerprint density at radius 3 is 2.38 bits per heavy atom. The van der Waals surface area contributed by atoms with E-state index in [9.17, 15) is 4.79 Å². The molecule has 1 amide bonds. The van der Waals surface area contributed by atoms with Crippen LogP contribution in [-0.2, 0) is 11.2 Å². The lowest BCUT2D eigenvalue weighted by Gasteiger charge is -2.08. The quantitative estimate of drug-likeness (QED) is 0.528. The first kappa shape index (κ1) is 20.4. The van der Waals surface area contributed by atoms with Gasteiger partial charge in [0.2, 0.25) is 17.7 Å². The number of carbonyl (C=O) groups is 1. The first-order valence-corrected chi connectivity index (χ1v) is 9.66. The molecule has 3 aromatic rings. The molecule has 0 radical (unpaired) electrons. The molecular weight excluding hydrogens is 370 g/mol. The molecule has 7 heteroatoms. The number of aromatic nitrogens is 2. The number of nitrogens with zero attached hydrogens (tertiary/aromatic N) is 2. The minimum atomic E-state index is -0.0876. The van der Waals surface area contributed by atoms with Crippen LogP contribution in [-0.4, -0.2) is 35.9 Å². The lowest BCUT2D eigenvalue weighted by Crippen LogP contribution is -2.28. The average molecular weight is 395 g/mol. The number of ether oxygens (including phenoxy) is 2. The molecule has 29 heavy (non-hydrogen) atoms. The molecule has 0 spiro atoms. The monoisotopic (exact) mass is 395 g/mol. The number of nitrogens with one attached hydrogen (secondary N) is 1. The van der Waals surface area contributed by atoms with Gasteiger partial charge in [0.25, 0.3) is 0 Å². The van der Waals surface area contributed by atoms with E-state index in [1.54, 1.807) is 0 Å². The third kappa shape index (κ3) is 6.34. The molecule has 2 aromatic carbocycles. The van der Waals surface area contributed by atoms with Crippen molar-refractivity contribution in [3.63, 3.8) is 0 Å². The Kier molecular flexibility index (Phi) is 7.22. The van der Waals surface area contributed by atoms with Gasteiger partial charge in [0.1, 0.15) is 18.1 Å². The Balaban J connectivity index is 1.35. The fourth-order valence-electron chi connectivity index (χ4n) is 2.63. The molecule has 0 saturated carbocycles. The van der Waals surface area contributed by atoms with E-state index in [0.29, 0.717) is 38.0 Å². The third-order valence-corrected chi connectivity index (χ3v) is 4.16. The zero-order chi connectivity index (χ0) is 20.5. The Hall–Kier alpha value is -3.35. The number of rotatable bonds is 10. The van der Waals surface area contributed by atoms with Crippen LogP contribution in [0.15, 0.2) is 52.9 Å². The van der Waals surface area contributed by atoms with E-state index in [0.717, 1.165) is 22.6 Å². The Bertz CT molecular complexity index is 905. The van der Waals surface area contributed by atoms with Crippen molar-refractivity contribution in [3.05, 3.63) is 60.0 Å². The first-order valence-electron chi connectivity index (χ1n) is 9.66. The van der Waals surface area contributed by atoms with Crippen molar-refractivity contribution >= 4 is 5.91 Å². The maximum absolute atomic E-state index is 12.0. The number of hydrogen-bond acceptors (Lipinski definition) is 6. The van der Waals surface area contributed by atoms with Crippen LogP contribution < -0.4 is 14.8 Å². The topological polar surface area (TPSA) is 86.5 Å². The van der Waals surface area contributed by atoms with E-state index in [-0.39, 0.29) is 12.3 Å². The van der Waals surface area contributed by atoms with Crippen molar-refractivity contribution in [2.75, 3.05) is 19.8 Å². The van der Waals surface area contributed by atoms with Crippen LogP contribution in [0.4, 0.5) is 0 Å². The van der Waals surface area contributed by atoms with Gasteiger partial charge in [-0.25, -0.2) is 0 Å². The van der Waals surface area contributed by atoms with Gasteiger partial charge >= 0.3 is 0 Å². The second-order valence-electron chi connectivity index (χ2n) is 6.47. The van der Waals surface area contributed by atoms with Crippen LogP contribution in [0.3, 0.4) is 0 Å². The van der Waals surface area contributed by atoms with Crippen LogP contribution in [0.25, 0.3) is 11.5 Å². The smallest absolute Gasteiger partial charge is 0.247 e. The van der Waals surface area contributed by atoms with Crippen LogP contribution in [0.1, 0.15) is 24.8 Å². The molecule has 7 nitrogen and oxygen atoms in total. The van der Waals surface area contributed by atoms with Gasteiger partial charge in [-0.05, 0) is 50.2 Å². The fourth-order valence-corrected chi connectivity index (χ4v) is 2.63. The van der Waals surface area contributed by atoms with Gasteiger partial charge in [0, 0.05) is 18.4 Å². The second kappa shape index (κ2) is 10.3. The summed E-state index contributed by atoms with van der Waals surface area (Å²) in [6.07, 6.45) is 0.670. The second-order valence-corrected chi connectivity index (χ2v) is 6.47. The van der Waals surface area contributed by atoms with Crippen LogP contribution >= 0.6 is 0 Å². The van der Waals surface area contributed by atoms with E-state index in [2.05, 4.69) is 15.5 Å². The molecule has 0 fully saturated rings. The molecule has 1 heterocycles. The zero-order valence-corrected chi connectivity index (χ0v) is 16.7. The Labute approximate surface area is 170 Å². The van der Waals surface area contributed by atoms with Gasteiger partial charge < -0.3 is 19.2 Å². The molecule has 1 N–H and O–H groups in total. The van der Waals surface area contributed by atoms with Crippen LogP contribution in [0.5, 0.6) is 11.5 Å². The van der Waals surface area contributed by atoms with Crippen molar-refractivity contribution in [2.24, 2.45) is 0 Å². The highest BCUT2D eigenvalue weighted by molar-refractivity contribution is 5.76. The van der Waals surface area contributed by atoms with Gasteiger partial charge in [-0.2, -0.15) is 0 Å². The van der Waals surface area contributed by atoms with Crippen molar-refractivity contribution in [3.8, 4) is 23.0 Å².